The van der Waals surface area contributed by atoms with Crippen LogP contribution in [0.25, 0.3) is 10.4 Å². The number of aromatic nitrogens is 3. The van der Waals surface area contributed by atoms with Gasteiger partial charge >= 0.3 is 11.7 Å². The molecule has 3 rings (SSSR count). The largest absolute Gasteiger partial charge is 0.462 e. The van der Waals surface area contributed by atoms with Gasteiger partial charge in [0, 0.05) is 22.4 Å². The van der Waals surface area contributed by atoms with Crippen LogP contribution in [0.4, 0.5) is 5.00 Å². The molecule has 0 aliphatic carbocycles. The van der Waals surface area contributed by atoms with E-state index in [1.165, 1.54) is 27.2 Å². The molecule has 0 unspecified atom stereocenters. The number of thioether (sulfide) groups is 1. The first kappa shape index (κ1) is 21.3. The lowest BCUT2D eigenvalue weighted by atomic mass is 10.1. The van der Waals surface area contributed by atoms with Gasteiger partial charge in [0.25, 0.3) is 0 Å². The van der Waals surface area contributed by atoms with E-state index >= 15 is 0 Å². The lowest BCUT2D eigenvalue weighted by Crippen LogP contribution is -2.19. The van der Waals surface area contributed by atoms with Crippen LogP contribution in [-0.4, -0.2) is 39.0 Å². The molecule has 29 heavy (non-hydrogen) atoms. The van der Waals surface area contributed by atoms with E-state index < -0.39 is 5.97 Å². The summed E-state index contributed by atoms with van der Waals surface area (Å²) < 4.78 is 6.69. The SMILES string of the molecule is CCCn1c(SCC(=O)Nc2scc(-c3cccs3)c2C(=O)OCC)n[nH]c1=O. The van der Waals surface area contributed by atoms with Gasteiger partial charge in [-0.05, 0) is 24.8 Å². The van der Waals surface area contributed by atoms with Crippen LogP contribution in [-0.2, 0) is 16.1 Å². The summed E-state index contributed by atoms with van der Waals surface area (Å²) >= 11 is 3.96. The van der Waals surface area contributed by atoms with E-state index in [2.05, 4.69) is 15.5 Å². The van der Waals surface area contributed by atoms with Gasteiger partial charge in [-0.3, -0.25) is 9.36 Å². The van der Waals surface area contributed by atoms with Crippen molar-refractivity contribution in [2.75, 3.05) is 17.7 Å². The number of carbonyl (C=O) groups excluding carboxylic acids is 2. The Morgan fingerprint density at radius 1 is 1.34 bits per heavy atom. The highest BCUT2D eigenvalue weighted by atomic mass is 32.2. The van der Waals surface area contributed by atoms with Gasteiger partial charge in [0.05, 0.1) is 12.4 Å². The van der Waals surface area contributed by atoms with Gasteiger partial charge < -0.3 is 10.1 Å². The third-order valence-electron chi connectivity index (χ3n) is 3.81. The van der Waals surface area contributed by atoms with Crippen molar-refractivity contribution in [1.82, 2.24) is 14.8 Å². The van der Waals surface area contributed by atoms with E-state index in [1.54, 1.807) is 6.92 Å². The molecule has 2 N–H and O–H groups in total. The van der Waals surface area contributed by atoms with Crippen LogP contribution in [0, 0.1) is 0 Å². The minimum atomic E-state index is -0.468. The molecular formula is C18H20N4O4S3. The molecule has 0 aromatic carbocycles. The summed E-state index contributed by atoms with van der Waals surface area (Å²) in [5, 5.41) is 13.8. The Morgan fingerprint density at radius 3 is 2.86 bits per heavy atom. The van der Waals surface area contributed by atoms with Gasteiger partial charge in [-0.1, -0.05) is 24.8 Å². The number of H-pyrrole nitrogens is 1. The molecule has 8 nitrogen and oxygen atoms in total. The lowest BCUT2D eigenvalue weighted by Gasteiger charge is -2.08. The van der Waals surface area contributed by atoms with Gasteiger partial charge in [0.15, 0.2) is 5.16 Å². The van der Waals surface area contributed by atoms with Crippen LogP contribution < -0.4 is 11.0 Å². The van der Waals surface area contributed by atoms with Crippen molar-refractivity contribution >= 4 is 51.3 Å². The number of hydrogen-bond donors (Lipinski definition) is 2. The summed E-state index contributed by atoms with van der Waals surface area (Å²) in [5.74, 6) is -0.703. The van der Waals surface area contributed by atoms with Crippen molar-refractivity contribution in [2.45, 2.75) is 32.0 Å². The van der Waals surface area contributed by atoms with Crippen LogP contribution in [0.1, 0.15) is 30.6 Å². The topological polar surface area (TPSA) is 106 Å². The van der Waals surface area contributed by atoms with E-state index in [4.69, 9.17) is 4.74 Å². The first-order valence-corrected chi connectivity index (χ1v) is 11.7. The summed E-state index contributed by atoms with van der Waals surface area (Å²) in [5.41, 5.74) is 0.814. The summed E-state index contributed by atoms with van der Waals surface area (Å²) in [6.45, 7) is 4.47. The van der Waals surface area contributed by atoms with Crippen molar-refractivity contribution in [1.29, 1.82) is 0 Å². The normalized spacial score (nSPS) is 10.8. The number of hydrogen-bond acceptors (Lipinski definition) is 8. The first-order valence-electron chi connectivity index (χ1n) is 8.95. The number of esters is 1. The molecule has 154 valence electrons. The van der Waals surface area contributed by atoms with Crippen LogP contribution >= 0.6 is 34.4 Å². The third-order valence-corrected chi connectivity index (χ3v) is 6.59. The molecule has 0 aliphatic rings. The Kier molecular flexibility index (Phi) is 7.29. The van der Waals surface area contributed by atoms with Crippen molar-refractivity contribution in [3.63, 3.8) is 0 Å². The molecule has 11 heteroatoms. The minimum absolute atomic E-state index is 0.0580. The summed E-state index contributed by atoms with van der Waals surface area (Å²) in [6.07, 6.45) is 0.781. The van der Waals surface area contributed by atoms with Crippen LogP contribution in [0.3, 0.4) is 0 Å². The molecule has 0 radical (unpaired) electrons. The Labute approximate surface area is 179 Å². The zero-order valence-electron chi connectivity index (χ0n) is 15.9. The number of carbonyl (C=O) groups is 2. The fourth-order valence-corrected chi connectivity index (χ4v) is 5.16. The Morgan fingerprint density at radius 2 is 2.17 bits per heavy atom. The molecule has 3 heterocycles. The second-order valence-electron chi connectivity index (χ2n) is 5.85. The van der Waals surface area contributed by atoms with E-state index in [0.717, 1.165) is 28.6 Å². The summed E-state index contributed by atoms with van der Waals surface area (Å²) in [4.78, 5) is 37.7. The predicted octanol–water partition coefficient (Wildman–Crippen LogP) is 3.68. The monoisotopic (exact) mass is 452 g/mol. The highest BCUT2D eigenvalue weighted by Gasteiger charge is 2.23. The van der Waals surface area contributed by atoms with Crippen LogP contribution in [0.5, 0.6) is 0 Å². The third kappa shape index (κ3) is 4.98. The highest BCUT2D eigenvalue weighted by Crippen LogP contribution is 2.38. The van der Waals surface area contributed by atoms with Crippen molar-refractivity contribution in [3.05, 3.63) is 38.9 Å². The average Bonchev–Trinajstić information content (AvgIpc) is 3.42. The molecule has 0 atom stereocenters. The van der Waals surface area contributed by atoms with Gasteiger partial charge in [-0.25, -0.2) is 14.7 Å². The summed E-state index contributed by atoms with van der Waals surface area (Å²) in [6, 6.07) is 3.82. The molecule has 0 fully saturated rings. The molecule has 0 saturated heterocycles. The molecule has 0 bridgehead atoms. The molecule has 3 aromatic heterocycles. The number of ether oxygens (including phenoxy) is 1. The first-order chi connectivity index (χ1) is 14.0. The van der Waals surface area contributed by atoms with E-state index in [1.807, 2.05) is 29.8 Å². The van der Waals surface area contributed by atoms with Gasteiger partial charge in [0.1, 0.15) is 10.6 Å². The quantitative estimate of drug-likeness (QED) is 0.379. The highest BCUT2D eigenvalue weighted by molar-refractivity contribution is 7.99. The second kappa shape index (κ2) is 9.90. The number of nitrogens with one attached hydrogen (secondary N) is 2. The van der Waals surface area contributed by atoms with Crippen molar-refractivity contribution < 1.29 is 14.3 Å². The molecule has 0 saturated carbocycles. The zero-order chi connectivity index (χ0) is 20.8. The van der Waals surface area contributed by atoms with E-state index in [-0.39, 0.29) is 24.0 Å². The maximum absolute atomic E-state index is 12.5. The van der Waals surface area contributed by atoms with Crippen LogP contribution in [0.15, 0.2) is 32.8 Å². The smallest absolute Gasteiger partial charge is 0.343 e. The zero-order valence-corrected chi connectivity index (χ0v) is 18.3. The number of aromatic amines is 1. The molecule has 1 amide bonds. The molecule has 0 aliphatic heterocycles. The minimum Gasteiger partial charge on any atom is -0.462 e. The number of anilines is 1. The number of thiophene rings is 2. The standard InChI is InChI=1S/C18H20N4O4S3/c1-3-7-22-17(25)20-21-18(22)29-10-13(23)19-15-14(16(24)26-4-2)11(9-28-15)12-6-5-8-27-12/h5-6,8-9H,3-4,7,10H2,1-2H3,(H,19,23)(H,20,25). The Hall–Kier alpha value is -2.37. The number of nitrogens with zero attached hydrogens (tertiary/aromatic N) is 2. The molecular weight excluding hydrogens is 432 g/mol. The van der Waals surface area contributed by atoms with E-state index in [9.17, 15) is 14.4 Å². The molecule has 3 aromatic rings. The van der Waals surface area contributed by atoms with Gasteiger partial charge in [-0.15, -0.1) is 27.8 Å². The second-order valence-corrected chi connectivity index (χ2v) is 8.62. The summed E-state index contributed by atoms with van der Waals surface area (Å²) in [7, 11) is 0. The average molecular weight is 453 g/mol. The Bertz CT molecular complexity index is 1040. The van der Waals surface area contributed by atoms with E-state index in [0.29, 0.717) is 22.3 Å². The molecule has 0 spiro atoms. The predicted molar refractivity (Wildman–Crippen MR) is 116 cm³/mol. The lowest BCUT2D eigenvalue weighted by molar-refractivity contribution is -0.113. The number of amides is 1. The van der Waals surface area contributed by atoms with Crippen molar-refractivity contribution in [2.24, 2.45) is 0 Å². The van der Waals surface area contributed by atoms with Crippen LogP contribution in [0.2, 0.25) is 0 Å². The number of rotatable bonds is 9. The maximum Gasteiger partial charge on any atom is 0.343 e. The Balaban J connectivity index is 1.75. The van der Waals surface area contributed by atoms with Crippen molar-refractivity contribution in [3.8, 4) is 10.4 Å². The van der Waals surface area contributed by atoms with Gasteiger partial charge in [-0.2, -0.15) is 0 Å². The van der Waals surface area contributed by atoms with Gasteiger partial charge in [0.2, 0.25) is 5.91 Å². The maximum atomic E-state index is 12.5. The fraction of sp³-hybridized carbons (Fsp3) is 0.333. The fourth-order valence-electron chi connectivity index (χ4n) is 2.60.